The first-order valence-corrected chi connectivity index (χ1v) is 11.5. The summed E-state index contributed by atoms with van der Waals surface area (Å²) in [4.78, 5) is 39.7. The number of methoxy groups -OCH3 is 1. The van der Waals surface area contributed by atoms with Crippen LogP contribution in [-0.4, -0.2) is 36.4 Å². The van der Waals surface area contributed by atoms with Gasteiger partial charge in [0.05, 0.1) is 7.11 Å². The van der Waals surface area contributed by atoms with E-state index in [0.29, 0.717) is 11.3 Å². The molecule has 0 radical (unpaired) electrons. The molecule has 0 unspecified atom stereocenters. The molecule has 0 aromatic heterocycles. The van der Waals surface area contributed by atoms with Crippen LogP contribution < -0.4 is 15.4 Å². The molecule has 36 heavy (non-hydrogen) atoms. The Morgan fingerprint density at radius 1 is 0.889 bits per heavy atom. The summed E-state index contributed by atoms with van der Waals surface area (Å²) >= 11 is 0. The number of amides is 4. The minimum Gasteiger partial charge on any atom is -0.497 e. The van der Waals surface area contributed by atoms with Crippen molar-refractivity contribution in [1.29, 1.82) is 0 Å². The summed E-state index contributed by atoms with van der Waals surface area (Å²) in [5, 5.41) is 7.39. The third-order valence-corrected chi connectivity index (χ3v) is 6.48. The Hall–Kier alpha value is -4.65. The number of benzene rings is 4. The fourth-order valence-corrected chi connectivity index (χ4v) is 4.42. The highest BCUT2D eigenvalue weighted by Crippen LogP contribution is 2.32. The standard InChI is InChI=1S/C29H25N3O4/c1-29(23-12-8-22-17-25(36-2)15-11-21(22)16-23)27(34)32(28(35)31-29)18-26(33)30-24-13-9-20(10-14-24)19-6-4-3-5-7-19/h3-17H,18H2,1-2H3,(H,30,33)(H,31,35)/t29-/m1/s1. The number of carbonyl (C=O) groups excluding carboxylic acids is 3. The van der Waals surface area contributed by atoms with E-state index in [9.17, 15) is 14.4 Å². The molecule has 4 aromatic carbocycles. The van der Waals surface area contributed by atoms with E-state index in [2.05, 4.69) is 10.6 Å². The maximum Gasteiger partial charge on any atom is 0.325 e. The molecule has 4 amide bonds. The SMILES string of the molecule is COc1ccc2cc([C@@]3(C)NC(=O)N(CC(=O)Nc4ccc(-c5ccccc5)cc4)C3=O)ccc2c1. The molecule has 1 saturated heterocycles. The van der Waals surface area contributed by atoms with E-state index >= 15 is 0 Å². The maximum absolute atomic E-state index is 13.3. The average Bonchev–Trinajstić information content (AvgIpc) is 3.12. The Balaban J connectivity index is 1.29. The number of anilines is 1. The summed E-state index contributed by atoms with van der Waals surface area (Å²) < 4.78 is 5.27. The number of carbonyl (C=O) groups is 3. The molecule has 180 valence electrons. The largest absolute Gasteiger partial charge is 0.497 e. The van der Waals surface area contributed by atoms with Gasteiger partial charge in [-0.1, -0.05) is 60.7 Å². The molecule has 0 bridgehead atoms. The smallest absolute Gasteiger partial charge is 0.325 e. The van der Waals surface area contributed by atoms with Crippen LogP contribution in [0.3, 0.4) is 0 Å². The van der Waals surface area contributed by atoms with Gasteiger partial charge in [0.2, 0.25) is 5.91 Å². The van der Waals surface area contributed by atoms with Crippen LogP contribution in [0.5, 0.6) is 5.75 Å². The van der Waals surface area contributed by atoms with Gasteiger partial charge in [0, 0.05) is 5.69 Å². The van der Waals surface area contributed by atoms with Crippen molar-refractivity contribution in [2.24, 2.45) is 0 Å². The first-order chi connectivity index (χ1) is 17.4. The lowest BCUT2D eigenvalue weighted by Crippen LogP contribution is -2.42. The van der Waals surface area contributed by atoms with Gasteiger partial charge in [-0.05, 0) is 64.7 Å². The lowest BCUT2D eigenvalue weighted by molar-refractivity contribution is -0.133. The molecule has 1 aliphatic heterocycles. The number of nitrogens with one attached hydrogen (secondary N) is 2. The van der Waals surface area contributed by atoms with Crippen LogP contribution in [0.15, 0.2) is 91.0 Å². The Morgan fingerprint density at radius 3 is 2.28 bits per heavy atom. The van der Waals surface area contributed by atoms with Crippen LogP contribution in [0.1, 0.15) is 12.5 Å². The number of rotatable bonds is 6. The zero-order valence-corrected chi connectivity index (χ0v) is 19.9. The molecule has 0 saturated carbocycles. The van der Waals surface area contributed by atoms with Crippen LogP contribution in [0, 0.1) is 0 Å². The maximum atomic E-state index is 13.3. The number of hydrogen-bond acceptors (Lipinski definition) is 4. The Morgan fingerprint density at radius 2 is 1.56 bits per heavy atom. The summed E-state index contributed by atoms with van der Waals surface area (Å²) in [6.45, 7) is 1.27. The van der Waals surface area contributed by atoms with Crippen molar-refractivity contribution in [2.45, 2.75) is 12.5 Å². The first kappa shape index (κ1) is 23.1. The van der Waals surface area contributed by atoms with Crippen LogP contribution in [0.25, 0.3) is 21.9 Å². The van der Waals surface area contributed by atoms with E-state index in [0.717, 1.165) is 32.5 Å². The summed E-state index contributed by atoms with van der Waals surface area (Å²) in [7, 11) is 1.60. The van der Waals surface area contributed by atoms with Crippen molar-refractivity contribution < 1.29 is 19.1 Å². The molecule has 4 aromatic rings. The van der Waals surface area contributed by atoms with Crippen molar-refractivity contribution in [2.75, 3.05) is 19.0 Å². The van der Waals surface area contributed by atoms with Crippen LogP contribution in [-0.2, 0) is 15.1 Å². The van der Waals surface area contributed by atoms with Crippen molar-refractivity contribution >= 4 is 34.3 Å². The van der Waals surface area contributed by atoms with Crippen molar-refractivity contribution in [3.8, 4) is 16.9 Å². The lowest BCUT2D eigenvalue weighted by atomic mass is 9.90. The Labute approximate surface area is 208 Å². The minimum absolute atomic E-state index is 0.383. The van der Waals surface area contributed by atoms with Gasteiger partial charge < -0.3 is 15.4 Å². The average molecular weight is 480 g/mol. The molecule has 1 atom stereocenters. The van der Waals surface area contributed by atoms with E-state index in [1.54, 1.807) is 32.2 Å². The van der Waals surface area contributed by atoms with E-state index in [1.165, 1.54) is 0 Å². The van der Waals surface area contributed by atoms with E-state index < -0.39 is 23.4 Å². The second kappa shape index (κ2) is 9.19. The van der Waals surface area contributed by atoms with Gasteiger partial charge in [-0.15, -0.1) is 0 Å². The van der Waals surface area contributed by atoms with Gasteiger partial charge in [-0.25, -0.2) is 4.79 Å². The predicted molar refractivity (Wildman–Crippen MR) is 139 cm³/mol. The second-order valence-corrected chi connectivity index (χ2v) is 8.87. The normalized spacial score (nSPS) is 17.2. The number of urea groups is 1. The first-order valence-electron chi connectivity index (χ1n) is 11.5. The van der Waals surface area contributed by atoms with Crippen LogP contribution in [0.4, 0.5) is 10.5 Å². The molecule has 1 fully saturated rings. The predicted octanol–water partition coefficient (Wildman–Crippen LogP) is 4.92. The third-order valence-electron chi connectivity index (χ3n) is 6.48. The van der Waals surface area contributed by atoms with Gasteiger partial charge in [-0.2, -0.15) is 0 Å². The topological polar surface area (TPSA) is 87.7 Å². The number of imide groups is 1. The van der Waals surface area contributed by atoms with Gasteiger partial charge in [-0.3, -0.25) is 14.5 Å². The minimum atomic E-state index is -1.27. The number of fused-ring (bicyclic) bond motifs is 1. The Bertz CT molecular complexity index is 1470. The number of nitrogens with zero attached hydrogens (tertiary/aromatic N) is 1. The quantitative estimate of drug-likeness (QED) is 0.384. The summed E-state index contributed by atoms with van der Waals surface area (Å²) in [5.41, 5.74) is 2.04. The zero-order chi connectivity index (χ0) is 25.3. The monoisotopic (exact) mass is 479 g/mol. The molecule has 1 heterocycles. The fourth-order valence-electron chi connectivity index (χ4n) is 4.42. The van der Waals surface area contributed by atoms with Gasteiger partial charge >= 0.3 is 6.03 Å². The highest BCUT2D eigenvalue weighted by Gasteiger charge is 2.49. The highest BCUT2D eigenvalue weighted by atomic mass is 16.5. The van der Waals surface area contributed by atoms with Gasteiger partial charge in [0.15, 0.2) is 0 Å². The van der Waals surface area contributed by atoms with Crippen molar-refractivity contribution in [3.05, 3.63) is 96.6 Å². The number of hydrogen-bond donors (Lipinski definition) is 2. The van der Waals surface area contributed by atoms with Gasteiger partial charge in [0.25, 0.3) is 5.91 Å². The molecule has 1 aliphatic rings. The molecular formula is C29H25N3O4. The molecule has 2 N–H and O–H groups in total. The zero-order valence-electron chi connectivity index (χ0n) is 19.9. The van der Waals surface area contributed by atoms with Crippen molar-refractivity contribution in [1.82, 2.24) is 10.2 Å². The van der Waals surface area contributed by atoms with Crippen LogP contribution >= 0.6 is 0 Å². The number of ether oxygens (including phenoxy) is 1. The third kappa shape index (κ3) is 4.27. The summed E-state index contributed by atoms with van der Waals surface area (Å²) in [5.74, 6) is -0.200. The Kier molecular flexibility index (Phi) is 5.90. The molecule has 7 heteroatoms. The molecule has 5 rings (SSSR count). The van der Waals surface area contributed by atoms with E-state index in [-0.39, 0.29) is 6.54 Å². The molecular weight excluding hydrogens is 454 g/mol. The summed E-state index contributed by atoms with van der Waals surface area (Å²) in [6.07, 6.45) is 0. The van der Waals surface area contributed by atoms with Crippen molar-refractivity contribution in [3.63, 3.8) is 0 Å². The molecule has 7 nitrogen and oxygen atoms in total. The van der Waals surface area contributed by atoms with Crippen LogP contribution in [0.2, 0.25) is 0 Å². The fraction of sp³-hybridized carbons (Fsp3) is 0.138. The lowest BCUT2D eigenvalue weighted by Gasteiger charge is -2.22. The molecule has 0 spiro atoms. The molecule has 0 aliphatic carbocycles. The highest BCUT2D eigenvalue weighted by molar-refractivity contribution is 6.10. The summed E-state index contributed by atoms with van der Waals surface area (Å²) in [6, 6.07) is 27.9. The van der Waals surface area contributed by atoms with Gasteiger partial charge in [0.1, 0.15) is 17.8 Å². The van der Waals surface area contributed by atoms with E-state index in [4.69, 9.17) is 4.74 Å². The second-order valence-electron chi connectivity index (χ2n) is 8.87. The van der Waals surface area contributed by atoms with E-state index in [1.807, 2.05) is 72.8 Å².